The minimum Gasteiger partial charge on any atom is -0.399 e. The predicted molar refractivity (Wildman–Crippen MR) is 81.3 cm³/mol. The maximum Gasteiger partial charge on any atom is 0.0739 e. The molecule has 0 bridgehead atoms. The Kier molecular flexibility index (Phi) is 3.01. The minimum atomic E-state index is 0.846. The summed E-state index contributed by atoms with van der Waals surface area (Å²) in [5.74, 6) is 0. The quantitative estimate of drug-likeness (QED) is 0.865. The first-order chi connectivity index (χ1) is 9.06. The van der Waals surface area contributed by atoms with E-state index in [1.807, 2.05) is 24.7 Å². The van der Waals surface area contributed by atoms with Crippen LogP contribution in [0, 0.1) is 6.92 Å². The van der Waals surface area contributed by atoms with Gasteiger partial charge in [0, 0.05) is 25.0 Å². The van der Waals surface area contributed by atoms with E-state index < -0.39 is 0 Å². The van der Waals surface area contributed by atoms with Crippen molar-refractivity contribution in [1.29, 1.82) is 0 Å². The smallest absolute Gasteiger partial charge is 0.0739 e. The lowest BCUT2D eigenvalue weighted by atomic mass is 10.1. The van der Waals surface area contributed by atoms with Gasteiger partial charge in [-0.15, -0.1) is 0 Å². The molecule has 0 saturated heterocycles. The third kappa shape index (κ3) is 2.12. The number of hydrogen-bond acceptors (Lipinski definition) is 3. The fourth-order valence-corrected chi connectivity index (χ4v) is 3.15. The zero-order valence-corrected chi connectivity index (χ0v) is 12.7. The van der Waals surface area contributed by atoms with E-state index in [-0.39, 0.29) is 0 Å². The van der Waals surface area contributed by atoms with Crippen molar-refractivity contribution in [2.75, 3.05) is 17.2 Å². The molecule has 3 rings (SSSR count). The van der Waals surface area contributed by atoms with Gasteiger partial charge < -0.3 is 10.6 Å². The summed E-state index contributed by atoms with van der Waals surface area (Å²) in [5, 5.41) is 4.45. The van der Waals surface area contributed by atoms with Crippen molar-refractivity contribution in [3.05, 3.63) is 39.6 Å². The molecule has 4 nitrogen and oxygen atoms in total. The first-order valence-electron chi connectivity index (χ1n) is 6.37. The molecule has 0 fully saturated rings. The zero-order valence-electron chi connectivity index (χ0n) is 11.2. The molecule has 19 heavy (non-hydrogen) atoms. The topological polar surface area (TPSA) is 47.1 Å². The summed E-state index contributed by atoms with van der Waals surface area (Å²) in [5.41, 5.74) is 11.6. The van der Waals surface area contributed by atoms with Crippen molar-refractivity contribution in [3.8, 4) is 0 Å². The summed E-state index contributed by atoms with van der Waals surface area (Å²) in [4.78, 5) is 2.38. The fraction of sp³-hybridized carbons (Fsp3) is 0.357. The van der Waals surface area contributed by atoms with E-state index in [0.29, 0.717) is 0 Å². The van der Waals surface area contributed by atoms with Gasteiger partial charge in [-0.25, -0.2) is 0 Å². The number of nitrogen functional groups attached to an aromatic ring is 1. The average Bonchev–Trinajstić information content (AvgIpc) is 2.86. The van der Waals surface area contributed by atoms with Crippen molar-refractivity contribution in [1.82, 2.24) is 9.78 Å². The molecule has 0 radical (unpaired) electrons. The summed E-state index contributed by atoms with van der Waals surface area (Å²) >= 11 is 3.63. The lowest BCUT2D eigenvalue weighted by Crippen LogP contribution is -2.21. The second-order valence-corrected chi connectivity index (χ2v) is 5.82. The molecular weight excluding hydrogens is 304 g/mol. The normalized spacial score (nSPS) is 13.9. The number of benzene rings is 1. The Hall–Kier alpha value is -1.49. The van der Waals surface area contributed by atoms with Crippen molar-refractivity contribution in [2.45, 2.75) is 19.9 Å². The Balaban J connectivity index is 1.91. The molecule has 1 aliphatic heterocycles. The molecule has 0 amide bonds. The lowest BCUT2D eigenvalue weighted by molar-refractivity contribution is 0.682. The van der Waals surface area contributed by atoms with Crippen LogP contribution in [0.2, 0.25) is 0 Å². The van der Waals surface area contributed by atoms with E-state index in [9.17, 15) is 0 Å². The Labute approximate surface area is 121 Å². The second-order valence-electron chi connectivity index (χ2n) is 5.03. The fourth-order valence-electron chi connectivity index (χ4n) is 2.69. The van der Waals surface area contributed by atoms with Crippen LogP contribution >= 0.6 is 15.9 Å². The van der Waals surface area contributed by atoms with Crippen LogP contribution in [0.15, 0.2) is 22.7 Å². The van der Waals surface area contributed by atoms with Gasteiger partial charge >= 0.3 is 0 Å². The Bertz CT molecular complexity index is 633. The van der Waals surface area contributed by atoms with Crippen molar-refractivity contribution >= 4 is 27.3 Å². The van der Waals surface area contributed by atoms with Crippen LogP contribution in [0.3, 0.4) is 0 Å². The van der Waals surface area contributed by atoms with Crippen molar-refractivity contribution in [3.63, 3.8) is 0 Å². The predicted octanol–water partition coefficient (Wildman–Crippen LogP) is 2.64. The Morgan fingerprint density at radius 1 is 1.42 bits per heavy atom. The molecule has 0 spiro atoms. The van der Waals surface area contributed by atoms with Gasteiger partial charge in [0.05, 0.1) is 22.4 Å². The van der Waals surface area contributed by atoms with Gasteiger partial charge in [0.15, 0.2) is 0 Å². The maximum atomic E-state index is 5.84. The SMILES string of the molecule is Cc1nn(C)c(CN2CCc3cc(N)ccc32)c1Br. The summed E-state index contributed by atoms with van der Waals surface area (Å²) in [6, 6.07) is 6.17. The highest BCUT2D eigenvalue weighted by Gasteiger charge is 2.22. The molecule has 100 valence electrons. The molecule has 0 aliphatic carbocycles. The zero-order chi connectivity index (χ0) is 13.6. The van der Waals surface area contributed by atoms with Crippen LogP contribution in [0.5, 0.6) is 0 Å². The molecule has 0 atom stereocenters. The molecule has 2 N–H and O–H groups in total. The summed E-state index contributed by atoms with van der Waals surface area (Å²) in [6.07, 6.45) is 1.06. The van der Waals surface area contributed by atoms with Gasteiger partial charge in [-0.05, 0) is 53.0 Å². The van der Waals surface area contributed by atoms with Crippen molar-refractivity contribution in [2.24, 2.45) is 7.05 Å². The van der Waals surface area contributed by atoms with E-state index in [2.05, 4.69) is 38.1 Å². The van der Waals surface area contributed by atoms with E-state index in [1.54, 1.807) is 0 Å². The number of nitrogens with two attached hydrogens (primary N) is 1. The number of hydrogen-bond donors (Lipinski definition) is 1. The van der Waals surface area contributed by atoms with Gasteiger partial charge in [0.1, 0.15) is 0 Å². The molecule has 1 aliphatic rings. The number of aryl methyl sites for hydroxylation is 2. The van der Waals surface area contributed by atoms with Gasteiger partial charge in [-0.2, -0.15) is 5.10 Å². The molecule has 0 unspecified atom stereocenters. The number of fused-ring (bicyclic) bond motifs is 1. The van der Waals surface area contributed by atoms with Crippen LogP contribution in [0.25, 0.3) is 0 Å². The van der Waals surface area contributed by atoms with Gasteiger partial charge in [-0.3, -0.25) is 4.68 Å². The monoisotopic (exact) mass is 320 g/mol. The molecule has 0 saturated carbocycles. The van der Waals surface area contributed by atoms with Crippen LogP contribution < -0.4 is 10.6 Å². The Morgan fingerprint density at radius 2 is 2.21 bits per heavy atom. The number of halogens is 1. The summed E-state index contributed by atoms with van der Waals surface area (Å²) in [6.45, 7) is 3.93. The molecule has 1 aromatic carbocycles. The van der Waals surface area contributed by atoms with Crippen LogP contribution in [-0.4, -0.2) is 16.3 Å². The molecular formula is C14H17BrN4. The van der Waals surface area contributed by atoms with Gasteiger partial charge in [0.25, 0.3) is 0 Å². The highest BCUT2D eigenvalue weighted by Crippen LogP contribution is 2.32. The third-order valence-electron chi connectivity index (χ3n) is 3.70. The van der Waals surface area contributed by atoms with Crippen molar-refractivity contribution < 1.29 is 0 Å². The Morgan fingerprint density at radius 3 is 2.89 bits per heavy atom. The number of rotatable bonds is 2. The maximum absolute atomic E-state index is 5.84. The van der Waals surface area contributed by atoms with Crippen LogP contribution in [-0.2, 0) is 20.0 Å². The second kappa shape index (κ2) is 4.56. The standard InChI is InChI=1S/C14H17BrN4/c1-9-14(15)13(18(2)17-9)8-19-6-5-10-7-11(16)3-4-12(10)19/h3-4,7H,5-6,8,16H2,1-2H3. The van der Waals surface area contributed by atoms with Crippen LogP contribution in [0.1, 0.15) is 17.0 Å². The lowest BCUT2D eigenvalue weighted by Gasteiger charge is -2.19. The van der Waals surface area contributed by atoms with E-state index in [1.165, 1.54) is 16.9 Å². The van der Waals surface area contributed by atoms with E-state index >= 15 is 0 Å². The van der Waals surface area contributed by atoms with Crippen LogP contribution in [0.4, 0.5) is 11.4 Å². The summed E-state index contributed by atoms with van der Waals surface area (Å²) in [7, 11) is 1.99. The molecule has 2 heterocycles. The molecule has 5 heteroatoms. The largest absolute Gasteiger partial charge is 0.399 e. The third-order valence-corrected chi connectivity index (χ3v) is 4.73. The first kappa shape index (κ1) is 12.5. The van der Waals surface area contributed by atoms with E-state index in [0.717, 1.165) is 35.4 Å². The minimum absolute atomic E-state index is 0.846. The number of aromatic nitrogens is 2. The number of anilines is 2. The molecule has 2 aromatic rings. The van der Waals surface area contributed by atoms with Gasteiger partial charge in [-0.1, -0.05) is 0 Å². The molecule has 1 aromatic heterocycles. The summed E-state index contributed by atoms with van der Waals surface area (Å²) < 4.78 is 3.06. The average molecular weight is 321 g/mol. The van der Waals surface area contributed by atoms with E-state index in [4.69, 9.17) is 5.73 Å². The first-order valence-corrected chi connectivity index (χ1v) is 7.17. The van der Waals surface area contributed by atoms with Gasteiger partial charge in [0.2, 0.25) is 0 Å². The highest BCUT2D eigenvalue weighted by molar-refractivity contribution is 9.10. The highest BCUT2D eigenvalue weighted by atomic mass is 79.9. The number of nitrogens with zero attached hydrogens (tertiary/aromatic N) is 3.